The standard InChI is InChI=1S/C22H26FN3O2S/c23-18-3-5-19(6-4-18)25-21-10-17-7-8-26(29-13-20-2-1-9-28-20)14-22(17,15-27)11-16(21)12-24/h3-6,10,12,15,20,24-25H,1-2,7-9,11,13-14H2. The number of hydrogen-bond donors (Lipinski definition) is 2. The fourth-order valence-electron chi connectivity index (χ4n) is 4.24. The van der Waals surface area contributed by atoms with Crippen molar-refractivity contribution in [2.45, 2.75) is 31.8 Å². The van der Waals surface area contributed by atoms with E-state index in [-0.39, 0.29) is 5.82 Å². The number of rotatable bonds is 7. The van der Waals surface area contributed by atoms with Gasteiger partial charge in [-0.15, -0.1) is 0 Å². The molecule has 4 rings (SSSR count). The van der Waals surface area contributed by atoms with Crippen molar-refractivity contribution in [2.24, 2.45) is 5.41 Å². The number of benzene rings is 1. The number of nitrogens with zero attached hydrogens (tertiary/aromatic N) is 1. The first-order valence-electron chi connectivity index (χ1n) is 10.0. The summed E-state index contributed by atoms with van der Waals surface area (Å²) in [5.74, 6) is 0.644. The van der Waals surface area contributed by atoms with Gasteiger partial charge in [-0.05, 0) is 61.6 Å². The molecule has 5 nitrogen and oxygen atoms in total. The molecular weight excluding hydrogens is 389 g/mol. The lowest BCUT2D eigenvalue weighted by molar-refractivity contribution is -0.115. The molecule has 0 saturated carbocycles. The molecule has 0 radical (unpaired) electrons. The summed E-state index contributed by atoms with van der Waals surface area (Å²) in [5.41, 5.74) is 2.90. The summed E-state index contributed by atoms with van der Waals surface area (Å²) in [5, 5.41) is 11.2. The van der Waals surface area contributed by atoms with Gasteiger partial charge in [0.1, 0.15) is 12.1 Å². The monoisotopic (exact) mass is 415 g/mol. The number of ether oxygens (including phenoxy) is 1. The highest BCUT2D eigenvalue weighted by atomic mass is 32.2. The minimum Gasteiger partial charge on any atom is -0.377 e. The van der Waals surface area contributed by atoms with E-state index in [1.807, 2.05) is 6.08 Å². The highest BCUT2D eigenvalue weighted by molar-refractivity contribution is 7.97. The SMILES string of the molecule is N=CC1=C(Nc2ccc(F)cc2)C=C2CCN(SCC3CCCO3)CC2(C=O)C1. The number of carbonyl (C=O) groups excluding carboxylic acids is 1. The third-order valence-electron chi connectivity index (χ3n) is 5.89. The van der Waals surface area contributed by atoms with Crippen molar-refractivity contribution in [3.05, 3.63) is 53.0 Å². The lowest BCUT2D eigenvalue weighted by Crippen LogP contribution is -2.45. The zero-order valence-electron chi connectivity index (χ0n) is 16.3. The van der Waals surface area contributed by atoms with E-state index in [0.717, 1.165) is 67.0 Å². The second kappa shape index (κ2) is 8.81. The summed E-state index contributed by atoms with van der Waals surface area (Å²) in [6.07, 6.45) is 8.29. The van der Waals surface area contributed by atoms with Crippen LogP contribution in [0.15, 0.2) is 47.2 Å². The molecule has 1 aromatic rings. The van der Waals surface area contributed by atoms with E-state index < -0.39 is 5.41 Å². The van der Waals surface area contributed by atoms with E-state index in [4.69, 9.17) is 10.1 Å². The van der Waals surface area contributed by atoms with Crippen molar-refractivity contribution < 1.29 is 13.9 Å². The van der Waals surface area contributed by atoms with Crippen LogP contribution < -0.4 is 5.32 Å². The zero-order chi connectivity index (χ0) is 20.3. The van der Waals surface area contributed by atoms with Gasteiger partial charge in [-0.25, -0.2) is 8.70 Å². The first kappa shape index (κ1) is 20.3. The van der Waals surface area contributed by atoms with Crippen LogP contribution in [0.25, 0.3) is 0 Å². The maximum absolute atomic E-state index is 13.2. The topological polar surface area (TPSA) is 65.4 Å². The second-order valence-corrected chi connectivity index (χ2v) is 8.99. The molecule has 7 heteroatoms. The molecule has 2 atom stereocenters. The number of anilines is 1. The number of halogens is 1. The molecule has 1 aromatic carbocycles. The Kier molecular flexibility index (Phi) is 6.18. The minimum atomic E-state index is -0.581. The zero-order valence-corrected chi connectivity index (χ0v) is 17.1. The lowest BCUT2D eigenvalue weighted by atomic mass is 9.69. The quantitative estimate of drug-likeness (QED) is 0.397. The first-order chi connectivity index (χ1) is 14.1. The van der Waals surface area contributed by atoms with Crippen molar-refractivity contribution in [3.63, 3.8) is 0 Å². The molecule has 0 spiro atoms. The maximum Gasteiger partial charge on any atom is 0.131 e. The third-order valence-corrected chi connectivity index (χ3v) is 7.09. The third kappa shape index (κ3) is 4.47. The summed E-state index contributed by atoms with van der Waals surface area (Å²) in [6.45, 7) is 2.40. The van der Waals surface area contributed by atoms with E-state index in [1.165, 1.54) is 18.3 Å². The number of aldehydes is 1. The lowest BCUT2D eigenvalue weighted by Gasteiger charge is -2.43. The molecule has 29 heavy (non-hydrogen) atoms. The number of fused-ring (bicyclic) bond motifs is 1. The Bertz CT molecular complexity index is 833. The van der Waals surface area contributed by atoms with Crippen LogP contribution in [0.1, 0.15) is 25.7 Å². The van der Waals surface area contributed by atoms with Gasteiger partial charge >= 0.3 is 0 Å². The summed E-state index contributed by atoms with van der Waals surface area (Å²) >= 11 is 1.78. The molecule has 2 aliphatic heterocycles. The van der Waals surface area contributed by atoms with Crippen LogP contribution in [0, 0.1) is 16.6 Å². The molecule has 0 bridgehead atoms. The fourth-order valence-corrected chi connectivity index (χ4v) is 5.42. The summed E-state index contributed by atoms with van der Waals surface area (Å²) in [6, 6.07) is 6.16. The number of piperidine rings is 1. The second-order valence-electron chi connectivity index (χ2n) is 7.88. The number of hydrogen-bond acceptors (Lipinski definition) is 6. The van der Waals surface area contributed by atoms with Crippen LogP contribution in [0.4, 0.5) is 10.1 Å². The van der Waals surface area contributed by atoms with Gasteiger partial charge in [0.2, 0.25) is 0 Å². The van der Waals surface area contributed by atoms with E-state index in [2.05, 4.69) is 9.62 Å². The summed E-state index contributed by atoms with van der Waals surface area (Å²) in [4.78, 5) is 12.2. The Hall–Kier alpha value is -1.96. The van der Waals surface area contributed by atoms with Crippen LogP contribution in [0.5, 0.6) is 0 Å². The van der Waals surface area contributed by atoms with Gasteiger partial charge in [-0.2, -0.15) is 0 Å². The van der Waals surface area contributed by atoms with Crippen LogP contribution in [-0.2, 0) is 9.53 Å². The Morgan fingerprint density at radius 3 is 2.90 bits per heavy atom. The Morgan fingerprint density at radius 2 is 2.21 bits per heavy atom. The molecule has 0 aromatic heterocycles. The normalized spacial score (nSPS) is 27.3. The largest absolute Gasteiger partial charge is 0.377 e. The van der Waals surface area contributed by atoms with Crippen LogP contribution in [0.3, 0.4) is 0 Å². The predicted octanol–water partition coefficient (Wildman–Crippen LogP) is 4.19. The van der Waals surface area contributed by atoms with Crippen LogP contribution in [0.2, 0.25) is 0 Å². The maximum atomic E-state index is 13.2. The van der Waals surface area contributed by atoms with Crippen molar-refractivity contribution in [1.29, 1.82) is 5.41 Å². The van der Waals surface area contributed by atoms with Crippen LogP contribution >= 0.6 is 11.9 Å². The summed E-state index contributed by atoms with van der Waals surface area (Å²) in [7, 11) is 0. The number of nitrogens with one attached hydrogen (secondary N) is 2. The number of allylic oxidation sites excluding steroid dienone is 2. The van der Waals surface area contributed by atoms with E-state index in [0.29, 0.717) is 19.1 Å². The van der Waals surface area contributed by atoms with E-state index in [9.17, 15) is 9.18 Å². The molecular formula is C22H26FN3O2S. The Balaban J connectivity index is 1.49. The van der Waals surface area contributed by atoms with Gasteiger partial charge in [-0.1, -0.05) is 17.5 Å². The molecule has 1 aliphatic carbocycles. The molecule has 154 valence electrons. The highest BCUT2D eigenvalue weighted by Gasteiger charge is 2.42. The van der Waals surface area contributed by atoms with E-state index >= 15 is 0 Å². The van der Waals surface area contributed by atoms with Gasteiger partial charge in [0.15, 0.2) is 0 Å². The molecule has 3 aliphatic rings. The average Bonchev–Trinajstić information content (AvgIpc) is 3.27. The predicted molar refractivity (Wildman–Crippen MR) is 115 cm³/mol. The number of carbonyl (C=O) groups is 1. The molecule has 2 fully saturated rings. The van der Waals surface area contributed by atoms with Crippen molar-refractivity contribution in [2.75, 3.05) is 30.8 Å². The van der Waals surface area contributed by atoms with E-state index in [1.54, 1.807) is 24.1 Å². The van der Waals surface area contributed by atoms with Gasteiger partial charge in [0, 0.05) is 43.0 Å². The van der Waals surface area contributed by atoms with Crippen LogP contribution in [-0.4, -0.2) is 48.4 Å². The van der Waals surface area contributed by atoms with Crippen molar-refractivity contribution in [1.82, 2.24) is 4.31 Å². The van der Waals surface area contributed by atoms with Crippen molar-refractivity contribution >= 4 is 30.1 Å². The minimum absolute atomic E-state index is 0.286. The van der Waals surface area contributed by atoms with Gasteiger partial charge in [0.25, 0.3) is 0 Å². The molecule has 2 unspecified atom stereocenters. The first-order valence-corrected chi connectivity index (χ1v) is 11.0. The van der Waals surface area contributed by atoms with Gasteiger partial charge in [0.05, 0.1) is 11.5 Å². The molecule has 0 amide bonds. The Morgan fingerprint density at radius 1 is 1.38 bits per heavy atom. The molecule has 2 heterocycles. The fraction of sp³-hybridized carbons (Fsp3) is 0.455. The smallest absolute Gasteiger partial charge is 0.131 e. The molecule has 2 N–H and O–H groups in total. The highest BCUT2D eigenvalue weighted by Crippen LogP contribution is 2.44. The summed E-state index contributed by atoms with van der Waals surface area (Å²) < 4.78 is 21.2. The van der Waals surface area contributed by atoms with Gasteiger partial charge in [-0.3, -0.25) is 0 Å². The molecule has 2 saturated heterocycles. The van der Waals surface area contributed by atoms with Gasteiger partial charge < -0.3 is 20.3 Å². The van der Waals surface area contributed by atoms with Crippen molar-refractivity contribution in [3.8, 4) is 0 Å². The average molecular weight is 416 g/mol. The Labute approximate surface area is 175 Å².